The highest BCUT2D eigenvalue weighted by Crippen LogP contribution is 2.42. The van der Waals surface area contributed by atoms with Gasteiger partial charge in [0.1, 0.15) is 0 Å². The molecule has 25 heavy (non-hydrogen) atoms. The Kier molecular flexibility index (Phi) is 4.61. The topological polar surface area (TPSA) is 92.4 Å². The number of anilines is 1. The molecule has 2 amide bonds. The van der Waals surface area contributed by atoms with Crippen molar-refractivity contribution in [1.82, 2.24) is 20.0 Å². The van der Waals surface area contributed by atoms with Crippen LogP contribution in [0.4, 0.5) is 5.13 Å². The van der Waals surface area contributed by atoms with Crippen LogP contribution in [-0.2, 0) is 9.59 Å². The zero-order chi connectivity index (χ0) is 17.4. The molecule has 1 saturated carbocycles. The Hall–Kier alpha value is -1.35. The van der Waals surface area contributed by atoms with Gasteiger partial charge in [0.25, 0.3) is 0 Å². The van der Waals surface area contributed by atoms with Crippen LogP contribution >= 0.6 is 23.1 Å². The van der Waals surface area contributed by atoms with E-state index >= 15 is 0 Å². The summed E-state index contributed by atoms with van der Waals surface area (Å²) in [4.78, 5) is 29.5. The number of aromatic nitrogens is 2. The van der Waals surface area contributed by atoms with Crippen molar-refractivity contribution in [3.05, 3.63) is 0 Å². The molecule has 0 radical (unpaired) electrons. The van der Waals surface area contributed by atoms with Crippen LogP contribution in [0.5, 0.6) is 0 Å². The smallest absolute Gasteiger partial charge is 0.233 e. The Balaban J connectivity index is 1.34. The van der Waals surface area contributed by atoms with Crippen molar-refractivity contribution in [2.45, 2.75) is 36.4 Å². The largest absolute Gasteiger partial charge is 0.374 e. The first-order valence-corrected chi connectivity index (χ1v) is 10.6. The van der Waals surface area contributed by atoms with Crippen molar-refractivity contribution >= 4 is 40.0 Å². The fourth-order valence-corrected chi connectivity index (χ4v) is 5.43. The summed E-state index contributed by atoms with van der Waals surface area (Å²) in [5, 5.41) is 8.10. The van der Waals surface area contributed by atoms with Gasteiger partial charge in [-0.15, -0.1) is 10.2 Å². The van der Waals surface area contributed by atoms with E-state index in [4.69, 9.17) is 5.73 Å². The molecule has 1 spiro atoms. The average Bonchev–Trinajstić information content (AvgIpc) is 3.15. The van der Waals surface area contributed by atoms with Gasteiger partial charge in [-0.3, -0.25) is 9.59 Å². The van der Waals surface area contributed by atoms with E-state index in [1.807, 2.05) is 4.90 Å². The van der Waals surface area contributed by atoms with E-state index < -0.39 is 0 Å². The van der Waals surface area contributed by atoms with Gasteiger partial charge in [-0.1, -0.05) is 23.1 Å². The second-order valence-corrected chi connectivity index (χ2v) is 9.57. The van der Waals surface area contributed by atoms with Crippen LogP contribution in [0.1, 0.15) is 32.1 Å². The minimum absolute atomic E-state index is 0.0720. The zero-order valence-electron chi connectivity index (χ0n) is 14.1. The van der Waals surface area contributed by atoms with Crippen molar-refractivity contribution < 1.29 is 9.59 Å². The molecule has 0 aromatic carbocycles. The number of piperidine rings is 1. The van der Waals surface area contributed by atoms with Gasteiger partial charge in [-0.25, -0.2) is 0 Å². The highest BCUT2D eigenvalue weighted by Gasteiger charge is 2.49. The van der Waals surface area contributed by atoms with E-state index in [1.165, 1.54) is 35.9 Å². The molecule has 2 aliphatic heterocycles. The Morgan fingerprint density at radius 2 is 2.16 bits per heavy atom. The first-order chi connectivity index (χ1) is 12.1. The predicted molar refractivity (Wildman–Crippen MR) is 97.2 cm³/mol. The Labute approximate surface area is 155 Å². The monoisotopic (exact) mass is 381 g/mol. The lowest BCUT2D eigenvalue weighted by atomic mass is 9.78. The predicted octanol–water partition coefficient (Wildman–Crippen LogP) is 1.46. The molecule has 0 bridgehead atoms. The second kappa shape index (κ2) is 6.75. The molecule has 1 aromatic rings. The lowest BCUT2D eigenvalue weighted by molar-refractivity contribution is -0.146. The Bertz CT molecular complexity index is 677. The molecule has 0 unspecified atom stereocenters. The minimum atomic E-state index is -0.333. The van der Waals surface area contributed by atoms with Crippen LogP contribution in [0.25, 0.3) is 0 Å². The van der Waals surface area contributed by atoms with E-state index in [0.717, 1.165) is 32.4 Å². The summed E-state index contributed by atoms with van der Waals surface area (Å²) in [5.74, 6) is 1.40. The molecule has 4 rings (SSSR count). The number of hydrogen-bond acceptors (Lipinski definition) is 7. The van der Waals surface area contributed by atoms with Gasteiger partial charge in [0, 0.05) is 26.2 Å². The summed E-state index contributed by atoms with van der Waals surface area (Å²) in [6, 6.07) is 0. The summed E-state index contributed by atoms with van der Waals surface area (Å²) in [6.45, 7) is 3.06. The standard InChI is InChI=1S/C16H23N5O2S2/c17-14-18-19-15(25-14)24-9-12(22)21-7-5-16(10-21)4-1-6-20(13(16)23)8-11-2-3-11/h11H,1-10H2,(H2,17,18)/t16-/m1/s1. The maximum atomic E-state index is 13.0. The number of carbonyl (C=O) groups excluding carboxylic acids is 2. The van der Waals surface area contributed by atoms with Crippen LogP contribution in [0.15, 0.2) is 4.34 Å². The molecule has 1 aliphatic carbocycles. The molecule has 3 heterocycles. The molecule has 2 saturated heterocycles. The SMILES string of the molecule is Nc1nnc(SCC(=O)N2CC[C@]3(CCCN(CC4CC4)C3=O)C2)s1. The average molecular weight is 382 g/mol. The van der Waals surface area contributed by atoms with Gasteiger partial charge in [0.05, 0.1) is 11.2 Å². The number of amides is 2. The van der Waals surface area contributed by atoms with Crippen LogP contribution < -0.4 is 5.73 Å². The van der Waals surface area contributed by atoms with Gasteiger partial charge in [-0.05, 0) is 38.0 Å². The molecule has 9 heteroatoms. The lowest BCUT2D eigenvalue weighted by Gasteiger charge is -2.39. The fourth-order valence-electron chi connectivity index (χ4n) is 3.90. The third kappa shape index (κ3) is 3.62. The van der Waals surface area contributed by atoms with Crippen LogP contribution in [0.2, 0.25) is 0 Å². The Morgan fingerprint density at radius 3 is 2.88 bits per heavy atom. The van der Waals surface area contributed by atoms with Crippen molar-refractivity contribution in [3.63, 3.8) is 0 Å². The zero-order valence-corrected chi connectivity index (χ0v) is 15.8. The summed E-state index contributed by atoms with van der Waals surface area (Å²) in [7, 11) is 0. The van der Waals surface area contributed by atoms with E-state index in [2.05, 4.69) is 15.1 Å². The van der Waals surface area contributed by atoms with Crippen molar-refractivity contribution in [1.29, 1.82) is 0 Å². The number of likely N-dealkylation sites (tertiary alicyclic amines) is 2. The molecule has 1 atom stereocenters. The molecule has 3 aliphatic rings. The van der Waals surface area contributed by atoms with Crippen molar-refractivity contribution in [3.8, 4) is 0 Å². The van der Waals surface area contributed by atoms with E-state index in [-0.39, 0.29) is 17.2 Å². The third-order valence-electron chi connectivity index (χ3n) is 5.45. The summed E-state index contributed by atoms with van der Waals surface area (Å²) in [5.41, 5.74) is 5.23. The fraction of sp³-hybridized carbons (Fsp3) is 0.750. The van der Waals surface area contributed by atoms with Gasteiger partial charge in [0.15, 0.2) is 4.34 Å². The summed E-state index contributed by atoms with van der Waals surface area (Å²) >= 11 is 2.66. The number of carbonyl (C=O) groups is 2. The van der Waals surface area contributed by atoms with Crippen molar-refractivity contribution in [2.75, 3.05) is 37.7 Å². The normalized spacial score (nSPS) is 26.6. The highest BCUT2D eigenvalue weighted by atomic mass is 32.2. The number of thioether (sulfide) groups is 1. The Morgan fingerprint density at radius 1 is 1.32 bits per heavy atom. The molecular weight excluding hydrogens is 358 g/mol. The maximum absolute atomic E-state index is 13.0. The third-order valence-corrected chi connectivity index (χ3v) is 7.32. The molecule has 7 nitrogen and oxygen atoms in total. The molecule has 3 fully saturated rings. The number of nitrogens with zero attached hydrogens (tertiary/aromatic N) is 4. The highest BCUT2D eigenvalue weighted by molar-refractivity contribution is 8.01. The molecule has 1 aromatic heterocycles. The van der Waals surface area contributed by atoms with Gasteiger partial charge in [-0.2, -0.15) is 0 Å². The van der Waals surface area contributed by atoms with Gasteiger partial charge >= 0.3 is 0 Å². The number of rotatable bonds is 5. The molecule has 2 N–H and O–H groups in total. The molecular formula is C16H23N5O2S2. The number of nitrogen functional groups attached to an aromatic ring is 1. The van der Waals surface area contributed by atoms with Crippen LogP contribution in [0, 0.1) is 11.3 Å². The van der Waals surface area contributed by atoms with E-state index in [9.17, 15) is 9.59 Å². The minimum Gasteiger partial charge on any atom is -0.374 e. The van der Waals surface area contributed by atoms with Gasteiger partial charge < -0.3 is 15.5 Å². The second-order valence-electron chi connectivity index (χ2n) is 7.34. The van der Waals surface area contributed by atoms with Crippen LogP contribution in [-0.4, -0.2) is 63.7 Å². The summed E-state index contributed by atoms with van der Waals surface area (Å²) < 4.78 is 0.712. The number of nitrogens with two attached hydrogens (primary N) is 1. The first kappa shape index (κ1) is 17.1. The van der Waals surface area contributed by atoms with Crippen molar-refractivity contribution in [2.24, 2.45) is 11.3 Å². The number of hydrogen-bond donors (Lipinski definition) is 1. The van der Waals surface area contributed by atoms with Crippen LogP contribution in [0.3, 0.4) is 0 Å². The summed E-state index contributed by atoms with van der Waals surface area (Å²) in [6.07, 6.45) is 5.29. The quantitative estimate of drug-likeness (QED) is 0.777. The molecule has 136 valence electrons. The first-order valence-electron chi connectivity index (χ1n) is 8.85. The lowest BCUT2D eigenvalue weighted by Crippen LogP contribution is -2.51. The van der Waals surface area contributed by atoms with E-state index in [0.29, 0.717) is 34.2 Å². The van der Waals surface area contributed by atoms with E-state index in [1.54, 1.807) is 0 Å². The van der Waals surface area contributed by atoms with Gasteiger partial charge in [0.2, 0.25) is 16.9 Å². The maximum Gasteiger partial charge on any atom is 0.233 e.